The molecule has 3 heteroatoms. The standard InChI is InChI=1S/C17H28N2O/c1-4-20-16-10-8-15(9-11-16)17(18-2)13-19(3)12-14-6-5-7-14/h8-11,14,17-18H,4-7,12-13H2,1-3H3. The van der Waals surface area contributed by atoms with Gasteiger partial charge in [0.05, 0.1) is 6.61 Å². The van der Waals surface area contributed by atoms with Crippen LogP contribution in [0.5, 0.6) is 5.75 Å². The highest BCUT2D eigenvalue weighted by Crippen LogP contribution is 2.27. The number of benzene rings is 1. The minimum Gasteiger partial charge on any atom is -0.494 e. The molecule has 0 saturated heterocycles. The predicted octanol–water partition coefficient (Wildman–Crippen LogP) is 3.08. The molecular formula is C17H28N2O. The molecule has 1 aromatic carbocycles. The number of hydrogen-bond acceptors (Lipinski definition) is 3. The summed E-state index contributed by atoms with van der Waals surface area (Å²) >= 11 is 0. The predicted molar refractivity (Wildman–Crippen MR) is 84.2 cm³/mol. The van der Waals surface area contributed by atoms with E-state index in [-0.39, 0.29) is 0 Å². The van der Waals surface area contributed by atoms with Gasteiger partial charge in [0.15, 0.2) is 0 Å². The fourth-order valence-electron chi connectivity index (χ4n) is 2.83. The van der Waals surface area contributed by atoms with Gasteiger partial charge in [0.25, 0.3) is 0 Å². The van der Waals surface area contributed by atoms with Crippen molar-refractivity contribution in [3.63, 3.8) is 0 Å². The third kappa shape index (κ3) is 4.22. The van der Waals surface area contributed by atoms with Crippen molar-refractivity contribution < 1.29 is 4.74 Å². The monoisotopic (exact) mass is 276 g/mol. The Morgan fingerprint density at radius 1 is 1.30 bits per heavy atom. The van der Waals surface area contributed by atoms with Crippen LogP contribution in [0.1, 0.15) is 37.8 Å². The molecule has 0 aromatic heterocycles. The smallest absolute Gasteiger partial charge is 0.119 e. The summed E-state index contributed by atoms with van der Waals surface area (Å²) in [6.07, 6.45) is 4.25. The molecule has 1 fully saturated rings. The highest BCUT2D eigenvalue weighted by atomic mass is 16.5. The molecule has 1 aliphatic rings. The quantitative estimate of drug-likeness (QED) is 0.789. The second kappa shape index (κ2) is 7.65. The molecule has 1 N–H and O–H groups in total. The van der Waals surface area contributed by atoms with Crippen molar-refractivity contribution in [3.8, 4) is 5.75 Å². The van der Waals surface area contributed by atoms with E-state index < -0.39 is 0 Å². The van der Waals surface area contributed by atoms with Crippen LogP contribution in [0.15, 0.2) is 24.3 Å². The molecule has 0 spiro atoms. The van der Waals surface area contributed by atoms with Crippen molar-refractivity contribution in [2.45, 2.75) is 32.2 Å². The summed E-state index contributed by atoms with van der Waals surface area (Å²) in [5.41, 5.74) is 1.33. The first-order valence-electron chi connectivity index (χ1n) is 7.81. The summed E-state index contributed by atoms with van der Waals surface area (Å²) in [4.78, 5) is 2.46. The number of ether oxygens (including phenoxy) is 1. The first kappa shape index (κ1) is 15.3. The lowest BCUT2D eigenvalue weighted by Crippen LogP contribution is -2.35. The van der Waals surface area contributed by atoms with Gasteiger partial charge < -0.3 is 15.0 Å². The fourth-order valence-corrected chi connectivity index (χ4v) is 2.83. The van der Waals surface area contributed by atoms with E-state index in [1.165, 1.54) is 31.4 Å². The topological polar surface area (TPSA) is 24.5 Å². The largest absolute Gasteiger partial charge is 0.494 e. The van der Waals surface area contributed by atoms with Gasteiger partial charge in [-0.3, -0.25) is 0 Å². The molecule has 0 heterocycles. The molecule has 2 rings (SSSR count). The Morgan fingerprint density at radius 3 is 2.50 bits per heavy atom. The van der Waals surface area contributed by atoms with E-state index in [1.54, 1.807) is 0 Å². The minimum atomic E-state index is 0.385. The zero-order chi connectivity index (χ0) is 14.4. The van der Waals surface area contributed by atoms with Crippen LogP contribution in [0.2, 0.25) is 0 Å². The van der Waals surface area contributed by atoms with Gasteiger partial charge in [-0.15, -0.1) is 0 Å². The first-order chi connectivity index (χ1) is 9.72. The van der Waals surface area contributed by atoms with Gasteiger partial charge in [0.2, 0.25) is 0 Å². The number of nitrogens with zero attached hydrogens (tertiary/aromatic N) is 1. The number of rotatable bonds is 8. The van der Waals surface area contributed by atoms with E-state index in [0.717, 1.165) is 24.8 Å². The minimum absolute atomic E-state index is 0.385. The molecule has 20 heavy (non-hydrogen) atoms. The van der Waals surface area contributed by atoms with Gasteiger partial charge in [-0.05, 0) is 57.5 Å². The summed E-state index contributed by atoms with van der Waals surface area (Å²) < 4.78 is 5.50. The molecule has 1 aliphatic carbocycles. The van der Waals surface area contributed by atoms with Crippen LogP contribution >= 0.6 is 0 Å². The van der Waals surface area contributed by atoms with Crippen molar-refractivity contribution >= 4 is 0 Å². The van der Waals surface area contributed by atoms with Crippen LogP contribution in [-0.4, -0.2) is 38.7 Å². The zero-order valence-corrected chi connectivity index (χ0v) is 13.1. The van der Waals surface area contributed by atoms with Crippen LogP contribution in [0, 0.1) is 5.92 Å². The van der Waals surface area contributed by atoms with Gasteiger partial charge >= 0.3 is 0 Å². The Balaban J connectivity index is 1.89. The lowest BCUT2D eigenvalue weighted by atomic mass is 9.85. The number of likely N-dealkylation sites (N-methyl/N-ethyl adjacent to an activating group) is 2. The molecule has 0 aliphatic heterocycles. The van der Waals surface area contributed by atoms with Crippen LogP contribution in [0.25, 0.3) is 0 Å². The third-order valence-corrected chi connectivity index (χ3v) is 4.23. The van der Waals surface area contributed by atoms with Crippen molar-refractivity contribution in [1.82, 2.24) is 10.2 Å². The molecule has 1 atom stereocenters. The molecule has 1 aromatic rings. The third-order valence-electron chi connectivity index (χ3n) is 4.23. The van der Waals surface area contributed by atoms with Gasteiger partial charge in [0.1, 0.15) is 5.75 Å². The Bertz CT molecular complexity index is 386. The molecule has 0 amide bonds. The van der Waals surface area contributed by atoms with Crippen molar-refractivity contribution in [3.05, 3.63) is 29.8 Å². The lowest BCUT2D eigenvalue weighted by molar-refractivity contribution is 0.193. The highest BCUT2D eigenvalue weighted by molar-refractivity contribution is 5.29. The zero-order valence-electron chi connectivity index (χ0n) is 13.1. The van der Waals surface area contributed by atoms with Crippen LogP contribution in [-0.2, 0) is 0 Å². The average Bonchev–Trinajstić information content (AvgIpc) is 2.42. The maximum atomic E-state index is 5.50. The Labute approximate surface area is 123 Å². The summed E-state index contributed by atoms with van der Waals surface area (Å²) in [6, 6.07) is 8.85. The molecule has 1 unspecified atom stereocenters. The van der Waals surface area contributed by atoms with E-state index in [4.69, 9.17) is 4.74 Å². The lowest BCUT2D eigenvalue weighted by Gasteiger charge is -2.32. The second-order valence-corrected chi connectivity index (χ2v) is 5.86. The second-order valence-electron chi connectivity index (χ2n) is 5.86. The summed E-state index contributed by atoms with van der Waals surface area (Å²) in [6.45, 7) is 5.02. The molecular weight excluding hydrogens is 248 g/mol. The van der Waals surface area contributed by atoms with Crippen LogP contribution in [0.4, 0.5) is 0 Å². The maximum Gasteiger partial charge on any atom is 0.119 e. The first-order valence-corrected chi connectivity index (χ1v) is 7.81. The average molecular weight is 276 g/mol. The normalized spacial score (nSPS) is 17.0. The van der Waals surface area contributed by atoms with Crippen LogP contribution < -0.4 is 10.1 Å². The Kier molecular flexibility index (Phi) is 5.86. The van der Waals surface area contributed by atoms with E-state index in [0.29, 0.717) is 6.04 Å². The molecule has 1 saturated carbocycles. The summed E-state index contributed by atoms with van der Waals surface area (Å²) in [5, 5.41) is 3.43. The molecule has 0 bridgehead atoms. The maximum absolute atomic E-state index is 5.50. The van der Waals surface area contributed by atoms with Crippen LogP contribution in [0.3, 0.4) is 0 Å². The van der Waals surface area contributed by atoms with E-state index in [9.17, 15) is 0 Å². The number of nitrogens with one attached hydrogen (secondary N) is 1. The SMILES string of the molecule is CCOc1ccc(C(CN(C)CC2CCC2)NC)cc1. The van der Waals surface area contributed by atoms with E-state index in [2.05, 4.69) is 41.5 Å². The van der Waals surface area contributed by atoms with E-state index in [1.807, 2.05) is 14.0 Å². The van der Waals surface area contributed by atoms with Gasteiger partial charge in [-0.2, -0.15) is 0 Å². The fraction of sp³-hybridized carbons (Fsp3) is 0.647. The van der Waals surface area contributed by atoms with Gasteiger partial charge in [0, 0.05) is 19.1 Å². The summed E-state index contributed by atoms with van der Waals surface area (Å²) in [7, 11) is 4.27. The highest BCUT2D eigenvalue weighted by Gasteiger charge is 2.20. The summed E-state index contributed by atoms with van der Waals surface area (Å²) in [5.74, 6) is 1.88. The molecule has 0 radical (unpaired) electrons. The Morgan fingerprint density at radius 2 is 2.00 bits per heavy atom. The number of hydrogen-bond donors (Lipinski definition) is 1. The van der Waals surface area contributed by atoms with E-state index >= 15 is 0 Å². The van der Waals surface area contributed by atoms with Crippen molar-refractivity contribution in [2.75, 3.05) is 33.8 Å². The van der Waals surface area contributed by atoms with Gasteiger partial charge in [-0.25, -0.2) is 0 Å². The molecule has 112 valence electrons. The van der Waals surface area contributed by atoms with Crippen molar-refractivity contribution in [1.29, 1.82) is 0 Å². The van der Waals surface area contributed by atoms with Gasteiger partial charge in [-0.1, -0.05) is 18.6 Å². The molecule has 3 nitrogen and oxygen atoms in total. The van der Waals surface area contributed by atoms with Crippen molar-refractivity contribution in [2.24, 2.45) is 5.92 Å². The Hall–Kier alpha value is -1.06.